The lowest BCUT2D eigenvalue weighted by atomic mass is 9.72. The second-order valence-corrected chi connectivity index (χ2v) is 4.69. The van der Waals surface area contributed by atoms with E-state index in [1.807, 2.05) is 0 Å². The van der Waals surface area contributed by atoms with Gasteiger partial charge in [0.1, 0.15) is 0 Å². The Labute approximate surface area is 80.3 Å². The van der Waals surface area contributed by atoms with Crippen LogP contribution in [0.25, 0.3) is 0 Å². The average molecular weight is 184 g/mol. The molecule has 2 heteroatoms. The fourth-order valence-electron chi connectivity index (χ4n) is 3.12. The number of hydrogen-bond acceptors (Lipinski definition) is 2. The number of hydrogen-bond donors (Lipinski definition) is 1. The molecule has 5 atom stereocenters. The monoisotopic (exact) mass is 184 g/mol. The molecule has 0 aromatic rings. The topological polar surface area (TPSA) is 29.5 Å². The van der Waals surface area contributed by atoms with Gasteiger partial charge in [-0.1, -0.05) is 13.3 Å². The molecule has 0 aromatic heterocycles. The van der Waals surface area contributed by atoms with Crippen molar-refractivity contribution in [1.82, 2.24) is 0 Å². The molecule has 2 fully saturated rings. The van der Waals surface area contributed by atoms with Crippen molar-refractivity contribution in [2.24, 2.45) is 17.8 Å². The fourth-order valence-corrected chi connectivity index (χ4v) is 3.12. The molecule has 1 aliphatic heterocycles. The van der Waals surface area contributed by atoms with E-state index < -0.39 is 0 Å². The standard InChI is InChI=1S/C11H20O2/c1-7-8(2)13-10-5-3-4-9(6-12)11(7)10/h7-12H,3-6H2,1-2H3/t7-,8-,9+,10-,11+/m1/s1. The quantitative estimate of drug-likeness (QED) is 0.673. The molecule has 2 rings (SSSR count). The third kappa shape index (κ3) is 1.50. The number of fused-ring (bicyclic) bond motifs is 1. The number of ether oxygens (including phenoxy) is 1. The lowest BCUT2D eigenvalue weighted by molar-refractivity contribution is 0.00329. The van der Waals surface area contributed by atoms with E-state index in [0.717, 1.165) is 0 Å². The lowest BCUT2D eigenvalue weighted by Crippen LogP contribution is -2.34. The number of aliphatic hydroxyl groups excluding tert-OH is 1. The largest absolute Gasteiger partial charge is 0.396 e. The van der Waals surface area contributed by atoms with E-state index in [9.17, 15) is 5.11 Å². The summed E-state index contributed by atoms with van der Waals surface area (Å²) in [6.07, 6.45) is 4.46. The second-order valence-electron chi connectivity index (χ2n) is 4.69. The summed E-state index contributed by atoms with van der Waals surface area (Å²) in [5.74, 6) is 1.75. The van der Waals surface area contributed by atoms with E-state index in [1.54, 1.807) is 0 Å². The normalized spacial score (nSPS) is 50.5. The molecule has 1 aliphatic carbocycles. The molecule has 1 heterocycles. The van der Waals surface area contributed by atoms with Gasteiger partial charge in [-0.25, -0.2) is 0 Å². The zero-order chi connectivity index (χ0) is 9.42. The summed E-state index contributed by atoms with van der Waals surface area (Å²) in [6, 6.07) is 0. The molecule has 0 spiro atoms. The van der Waals surface area contributed by atoms with Gasteiger partial charge in [-0.2, -0.15) is 0 Å². The SMILES string of the molecule is C[C@H]1[C@H]2[C@H](CO)CCC[C@H]2O[C@@H]1C. The van der Waals surface area contributed by atoms with Gasteiger partial charge in [0, 0.05) is 6.61 Å². The molecule has 0 bridgehead atoms. The molecule has 0 radical (unpaired) electrons. The highest BCUT2D eigenvalue weighted by Crippen LogP contribution is 2.44. The first-order chi connectivity index (χ1) is 6.24. The van der Waals surface area contributed by atoms with E-state index in [0.29, 0.717) is 36.6 Å². The van der Waals surface area contributed by atoms with Crippen LogP contribution in [0, 0.1) is 17.8 Å². The Morgan fingerprint density at radius 3 is 2.77 bits per heavy atom. The number of rotatable bonds is 1. The Morgan fingerprint density at radius 2 is 2.08 bits per heavy atom. The summed E-state index contributed by atoms with van der Waals surface area (Å²) >= 11 is 0. The van der Waals surface area contributed by atoms with Crippen LogP contribution in [0.5, 0.6) is 0 Å². The molecule has 13 heavy (non-hydrogen) atoms. The molecular formula is C11H20O2. The fraction of sp³-hybridized carbons (Fsp3) is 1.00. The summed E-state index contributed by atoms with van der Waals surface area (Å²) in [5, 5.41) is 9.29. The van der Waals surface area contributed by atoms with Gasteiger partial charge in [0.2, 0.25) is 0 Å². The van der Waals surface area contributed by atoms with Crippen LogP contribution in [-0.2, 0) is 4.74 Å². The second kappa shape index (κ2) is 3.58. The minimum Gasteiger partial charge on any atom is -0.396 e. The Bertz CT molecular complexity index is 175. The van der Waals surface area contributed by atoms with Gasteiger partial charge < -0.3 is 9.84 Å². The molecule has 0 unspecified atom stereocenters. The lowest BCUT2D eigenvalue weighted by Gasteiger charge is -2.33. The first-order valence-corrected chi connectivity index (χ1v) is 5.50. The Balaban J connectivity index is 2.11. The number of aliphatic hydroxyl groups is 1. The van der Waals surface area contributed by atoms with Crippen LogP contribution in [0.15, 0.2) is 0 Å². The predicted molar refractivity (Wildman–Crippen MR) is 51.4 cm³/mol. The van der Waals surface area contributed by atoms with Gasteiger partial charge in [-0.05, 0) is 37.5 Å². The van der Waals surface area contributed by atoms with E-state index >= 15 is 0 Å². The van der Waals surface area contributed by atoms with Crippen molar-refractivity contribution in [3.63, 3.8) is 0 Å². The zero-order valence-electron chi connectivity index (χ0n) is 8.57. The molecule has 2 nitrogen and oxygen atoms in total. The highest BCUT2D eigenvalue weighted by molar-refractivity contribution is 4.92. The van der Waals surface area contributed by atoms with Gasteiger partial charge in [-0.15, -0.1) is 0 Å². The van der Waals surface area contributed by atoms with Crippen molar-refractivity contribution < 1.29 is 9.84 Å². The van der Waals surface area contributed by atoms with Crippen LogP contribution >= 0.6 is 0 Å². The van der Waals surface area contributed by atoms with Crippen LogP contribution < -0.4 is 0 Å². The predicted octanol–water partition coefficient (Wildman–Crippen LogP) is 1.82. The van der Waals surface area contributed by atoms with Crippen molar-refractivity contribution in [2.75, 3.05) is 6.61 Å². The van der Waals surface area contributed by atoms with Gasteiger partial charge in [0.15, 0.2) is 0 Å². The molecular weight excluding hydrogens is 164 g/mol. The maximum absolute atomic E-state index is 9.29. The van der Waals surface area contributed by atoms with Gasteiger partial charge in [-0.3, -0.25) is 0 Å². The summed E-state index contributed by atoms with van der Waals surface area (Å²) in [5.41, 5.74) is 0. The zero-order valence-corrected chi connectivity index (χ0v) is 8.57. The third-order valence-corrected chi connectivity index (χ3v) is 4.01. The first-order valence-electron chi connectivity index (χ1n) is 5.50. The minimum atomic E-state index is 0.349. The van der Waals surface area contributed by atoms with Crippen molar-refractivity contribution >= 4 is 0 Å². The highest BCUT2D eigenvalue weighted by Gasteiger charge is 2.45. The van der Waals surface area contributed by atoms with Crippen molar-refractivity contribution in [3.8, 4) is 0 Å². The molecule has 1 saturated carbocycles. The third-order valence-electron chi connectivity index (χ3n) is 4.01. The van der Waals surface area contributed by atoms with Crippen LogP contribution in [0.4, 0.5) is 0 Å². The Kier molecular flexibility index (Phi) is 2.61. The smallest absolute Gasteiger partial charge is 0.0614 e. The highest BCUT2D eigenvalue weighted by atomic mass is 16.5. The van der Waals surface area contributed by atoms with E-state index in [-0.39, 0.29) is 0 Å². The van der Waals surface area contributed by atoms with Crippen LogP contribution in [0.1, 0.15) is 33.1 Å². The van der Waals surface area contributed by atoms with Crippen LogP contribution in [-0.4, -0.2) is 23.9 Å². The molecule has 1 N–H and O–H groups in total. The van der Waals surface area contributed by atoms with Crippen molar-refractivity contribution in [2.45, 2.75) is 45.3 Å². The Hall–Kier alpha value is -0.0800. The molecule has 1 saturated heterocycles. The molecule has 0 amide bonds. The van der Waals surface area contributed by atoms with E-state index in [4.69, 9.17) is 4.74 Å². The summed E-state index contributed by atoms with van der Waals surface area (Å²) < 4.78 is 5.90. The maximum Gasteiger partial charge on any atom is 0.0614 e. The molecule has 2 aliphatic rings. The van der Waals surface area contributed by atoms with Crippen molar-refractivity contribution in [3.05, 3.63) is 0 Å². The molecule has 76 valence electrons. The van der Waals surface area contributed by atoms with Crippen LogP contribution in [0.3, 0.4) is 0 Å². The first kappa shape index (κ1) is 9.47. The summed E-state index contributed by atoms with van der Waals surface area (Å²) in [6.45, 7) is 4.78. The average Bonchev–Trinajstić information content (AvgIpc) is 2.43. The molecule has 0 aromatic carbocycles. The summed E-state index contributed by atoms with van der Waals surface area (Å²) in [7, 11) is 0. The Morgan fingerprint density at radius 1 is 1.31 bits per heavy atom. The van der Waals surface area contributed by atoms with E-state index in [1.165, 1.54) is 19.3 Å². The van der Waals surface area contributed by atoms with Gasteiger partial charge in [0.25, 0.3) is 0 Å². The van der Waals surface area contributed by atoms with Gasteiger partial charge >= 0.3 is 0 Å². The van der Waals surface area contributed by atoms with E-state index in [2.05, 4.69) is 13.8 Å². The minimum absolute atomic E-state index is 0.349. The summed E-state index contributed by atoms with van der Waals surface area (Å²) in [4.78, 5) is 0. The van der Waals surface area contributed by atoms with Crippen molar-refractivity contribution in [1.29, 1.82) is 0 Å². The van der Waals surface area contributed by atoms with Crippen LogP contribution in [0.2, 0.25) is 0 Å². The maximum atomic E-state index is 9.29. The van der Waals surface area contributed by atoms with Gasteiger partial charge in [0.05, 0.1) is 12.2 Å².